The SMILES string of the molecule is CCNC(=O)[C@H](C)N(Cc1ccc(Br)cc1)C(=O)CN(c1ccc(C)c(C)c1)S(=O)(=O)c1ccc(Cl)cc1. The smallest absolute Gasteiger partial charge is 0.264 e. The summed E-state index contributed by atoms with van der Waals surface area (Å²) < 4.78 is 29.6. The number of halogens is 2. The number of anilines is 1. The summed E-state index contributed by atoms with van der Waals surface area (Å²) in [4.78, 5) is 28.0. The maximum Gasteiger partial charge on any atom is 0.264 e. The molecule has 2 amide bonds. The van der Waals surface area contributed by atoms with E-state index in [0.29, 0.717) is 17.3 Å². The number of amides is 2. The largest absolute Gasteiger partial charge is 0.355 e. The van der Waals surface area contributed by atoms with Crippen LogP contribution in [0, 0.1) is 13.8 Å². The molecule has 0 spiro atoms. The van der Waals surface area contributed by atoms with E-state index in [1.54, 1.807) is 26.0 Å². The monoisotopic (exact) mass is 619 g/mol. The second-order valence-electron chi connectivity index (χ2n) is 8.95. The molecule has 0 unspecified atom stereocenters. The summed E-state index contributed by atoms with van der Waals surface area (Å²) in [7, 11) is -4.14. The van der Waals surface area contributed by atoms with E-state index < -0.39 is 28.5 Å². The maximum atomic E-state index is 13.8. The van der Waals surface area contributed by atoms with E-state index in [1.807, 2.05) is 44.2 Å². The van der Waals surface area contributed by atoms with Crippen LogP contribution in [0.3, 0.4) is 0 Å². The highest BCUT2D eigenvalue weighted by molar-refractivity contribution is 9.10. The number of sulfonamides is 1. The van der Waals surface area contributed by atoms with Crippen molar-refractivity contribution in [3.05, 3.63) is 92.9 Å². The molecule has 0 aliphatic heterocycles. The lowest BCUT2D eigenvalue weighted by Crippen LogP contribution is -2.51. The van der Waals surface area contributed by atoms with E-state index in [4.69, 9.17) is 11.6 Å². The van der Waals surface area contributed by atoms with Gasteiger partial charge in [0, 0.05) is 22.6 Å². The minimum absolute atomic E-state index is 0.00385. The Balaban J connectivity index is 2.05. The zero-order chi connectivity index (χ0) is 28.0. The Labute approximate surface area is 238 Å². The normalized spacial score (nSPS) is 12.1. The van der Waals surface area contributed by atoms with E-state index in [0.717, 1.165) is 25.5 Å². The molecule has 3 aromatic carbocycles. The average molecular weight is 621 g/mol. The molecule has 0 saturated heterocycles. The van der Waals surface area contributed by atoms with Crippen molar-refractivity contribution < 1.29 is 18.0 Å². The summed E-state index contributed by atoms with van der Waals surface area (Å²) >= 11 is 9.39. The number of hydrogen-bond donors (Lipinski definition) is 1. The number of likely N-dealkylation sites (N-methyl/N-ethyl adjacent to an activating group) is 1. The van der Waals surface area contributed by atoms with Gasteiger partial charge in [-0.25, -0.2) is 8.42 Å². The molecule has 3 rings (SSSR count). The van der Waals surface area contributed by atoms with Gasteiger partial charge < -0.3 is 10.2 Å². The van der Waals surface area contributed by atoms with E-state index >= 15 is 0 Å². The van der Waals surface area contributed by atoms with E-state index in [1.165, 1.54) is 29.2 Å². The molecule has 1 atom stereocenters. The van der Waals surface area contributed by atoms with Crippen molar-refractivity contribution in [2.24, 2.45) is 0 Å². The number of rotatable bonds is 10. The highest BCUT2D eigenvalue weighted by atomic mass is 79.9. The van der Waals surface area contributed by atoms with Crippen molar-refractivity contribution in [1.29, 1.82) is 0 Å². The second kappa shape index (κ2) is 12.8. The fourth-order valence-corrected chi connectivity index (χ4v) is 5.63. The fraction of sp³-hybridized carbons (Fsp3) is 0.286. The number of benzene rings is 3. The maximum absolute atomic E-state index is 13.8. The molecule has 0 aromatic heterocycles. The van der Waals surface area contributed by atoms with Crippen LogP contribution in [0.25, 0.3) is 0 Å². The van der Waals surface area contributed by atoms with Crippen molar-refractivity contribution in [1.82, 2.24) is 10.2 Å². The fourth-order valence-electron chi connectivity index (χ4n) is 3.83. The second-order valence-corrected chi connectivity index (χ2v) is 12.2. The number of aryl methyl sites for hydroxylation is 2. The molecule has 0 aliphatic carbocycles. The Bertz CT molecular complexity index is 1400. The van der Waals surface area contributed by atoms with Crippen molar-refractivity contribution in [3.8, 4) is 0 Å². The van der Waals surface area contributed by atoms with Gasteiger partial charge in [0.1, 0.15) is 12.6 Å². The van der Waals surface area contributed by atoms with E-state index in [9.17, 15) is 18.0 Å². The van der Waals surface area contributed by atoms with Crippen molar-refractivity contribution in [3.63, 3.8) is 0 Å². The summed E-state index contributed by atoms with van der Waals surface area (Å²) in [5.74, 6) is -0.835. The Morgan fingerprint density at radius 1 is 0.974 bits per heavy atom. The van der Waals surface area contributed by atoms with Crippen molar-refractivity contribution in [2.75, 3.05) is 17.4 Å². The standard InChI is InChI=1S/C28H31BrClN3O4S/c1-5-31-28(35)21(4)32(17-22-7-9-23(29)10-8-22)27(34)18-33(25-13-6-19(2)20(3)16-25)38(36,37)26-14-11-24(30)12-15-26/h6-16,21H,5,17-18H2,1-4H3,(H,31,35)/t21-/m0/s1. The van der Waals surface area contributed by atoms with E-state index in [2.05, 4.69) is 21.2 Å². The Kier molecular flexibility index (Phi) is 9.98. The summed E-state index contributed by atoms with van der Waals surface area (Å²) in [6.07, 6.45) is 0. The molecule has 0 radical (unpaired) electrons. The highest BCUT2D eigenvalue weighted by Crippen LogP contribution is 2.27. The lowest BCUT2D eigenvalue weighted by atomic mass is 10.1. The van der Waals surface area contributed by atoms with Crippen LogP contribution in [0.15, 0.2) is 76.1 Å². The van der Waals surface area contributed by atoms with E-state index in [-0.39, 0.29) is 17.3 Å². The molecule has 0 bridgehead atoms. The number of nitrogens with one attached hydrogen (secondary N) is 1. The van der Waals surface area contributed by atoms with Crippen molar-refractivity contribution in [2.45, 2.75) is 45.2 Å². The third kappa shape index (κ3) is 7.15. The predicted octanol–water partition coefficient (Wildman–Crippen LogP) is 5.47. The summed E-state index contributed by atoms with van der Waals surface area (Å²) in [6.45, 7) is 7.28. The van der Waals surface area contributed by atoms with Crippen LogP contribution in [-0.4, -0.2) is 44.3 Å². The van der Waals surface area contributed by atoms with Gasteiger partial charge in [-0.3, -0.25) is 13.9 Å². The lowest BCUT2D eigenvalue weighted by molar-refractivity contribution is -0.139. The molecule has 0 fully saturated rings. The molecule has 1 N–H and O–H groups in total. The number of nitrogens with zero attached hydrogens (tertiary/aromatic N) is 2. The van der Waals surface area contributed by atoms with Crippen LogP contribution in [0.4, 0.5) is 5.69 Å². The Morgan fingerprint density at radius 2 is 1.61 bits per heavy atom. The minimum atomic E-state index is -4.14. The van der Waals surface area contributed by atoms with Gasteiger partial charge in [-0.2, -0.15) is 0 Å². The number of carbonyl (C=O) groups excluding carboxylic acids is 2. The van der Waals surface area contributed by atoms with Gasteiger partial charge in [0.05, 0.1) is 10.6 Å². The van der Waals surface area contributed by atoms with Gasteiger partial charge in [-0.1, -0.05) is 45.7 Å². The molecule has 0 aliphatic rings. The molecule has 3 aromatic rings. The molecule has 38 heavy (non-hydrogen) atoms. The summed E-state index contributed by atoms with van der Waals surface area (Å²) in [5, 5.41) is 3.15. The first-order valence-electron chi connectivity index (χ1n) is 12.1. The minimum Gasteiger partial charge on any atom is -0.355 e. The van der Waals surface area contributed by atoms with Gasteiger partial charge in [0.2, 0.25) is 11.8 Å². The molecular formula is C28H31BrClN3O4S. The van der Waals surface area contributed by atoms with Gasteiger partial charge >= 0.3 is 0 Å². The molecule has 0 saturated carbocycles. The highest BCUT2D eigenvalue weighted by Gasteiger charge is 2.32. The summed E-state index contributed by atoms with van der Waals surface area (Å²) in [6, 6.07) is 17.6. The predicted molar refractivity (Wildman–Crippen MR) is 155 cm³/mol. The zero-order valence-electron chi connectivity index (χ0n) is 21.7. The van der Waals surface area contributed by atoms with Crippen molar-refractivity contribution >= 4 is 55.1 Å². The van der Waals surface area contributed by atoms with Crippen LogP contribution in [0.5, 0.6) is 0 Å². The first-order valence-corrected chi connectivity index (χ1v) is 14.7. The third-order valence-corrected chi connectivity index (χ3v) is 8.81. The molecule has 202 valence electrons. The van der Waals surface area contributed by atoms with Gasteiger partial charge in [0.25, 0.3) is 10.0 Å². The first-order chi connectivity index (χ1) is 17.9. The van der Waals surface area contributed by atoms with Gasteiger partial charge in [-0.15, -0.1) is 0 Å². The molecule has 7 nitrogen and oxygen atoms in total. The van der Waals surface area contributed by atoms with Gasteiger partial charge in [-0.05, 0) is 92.9 Å². The molecule has 10 heteroatoms. The van der Waals surface area contributed by atoms with Crippen LogP contribution >= 0.6 is 27.5 Å². The number of carbonyl (C=O) groups is 2. The van der Waals surface area contributed by atoms with Crippen LogP contribution < -0.4 is 9.62 Å². The zero-order valence-corrected chi connectivity index (χ0v) is 24.9. The van der Waals surface area contributed by atoms with Crippen LogP contribution in [-0.2, 0) is 26.2 Å². The average Bonchev–Trinajstić information content (AvgIpc) is 2.88. The van der Waals surface area contributed by atoms with Crippen LogP contribution in [0.1, 0.15) is 30.5 Å². The quantitative estimate of drug-likeness (QED) is 0.326. The van der Waals surface area contributed by atoms with Crippen LogP contribution in [0.2, 0.25) is 5.02 Å². The lowest BCUT2D eigenvalue weighted by Gasteiger charge is -2.32. The molecule has 0 heterocycles. The Hall–Kier alpha value is -2.88. The topological polar surface area (TPSA) is 86.8 Å². The molecular weight excluding hydrogens is 590 g/mol. The summed E-state index contributed by atoms with van der Waals surface area (Å²) in [5.41, 5.74) is 3.03. The third-order valence-electron chi connectivity index (χ3n) is 6.24. The number of hydrogen-bond acceptors (Lipinski definition) is 4. The Morgan fingerprint density at radius 3 is 2.18 bits per heavy atom. The first kappa shape index (κ1) is 29.7. The van der Waals surface area contributed by atoms with Gasteiger partial charge in [0.15, 0.2) is 0 Å².